The van der Waals surface area contributed by atoms with E-state index in [2.05, 4.69) is 14.9 Å². The number of nitrogens with zero attached hydrogens (tertiary/aromatic N) is 3. The molecule has 7 nitrogen and oxygen atoms in total. The van der Waals surface area contributed by atoms with Gasteiger partial charge >= 0.3 is 0 Å². The van der Waals surface area contributed by atoms with E-state index in [4.69, 9.17) is 5.73 Å². The number of hydrogen-bond acceptors (Lipinski definition) is 5. The third-order valence-electron chi connectivity index (χ3n) is 3.04. The van der Waals surface area contributed by atoms with Gasteiger partial charge < -0.3 is 10.3 Å². The molecule has 1 heterocycles. The molecular weight excluding hydrogens is 297 g/mol. The number of aryl methyl sites for hydroxylation is 1. The summed E-state index contributed by atoms with van der Waals surface area (Å²) in [6, 6.07) is 3.21. The molecule has 2 aromatic rings. The molecule has 0 spiro atoms. The van der Waals surface area contributed by atoms with Crippen LogP contribution in [0.5, 0.6) is 0 Å². The number of hydrogen-bond donors (Lipinski definition) is 2. The van der Waals surface area contributed by atoms with Crippen LogP contribution in [0.3, 0.4) is 0 Å². The molecule has 0 saturated heterocycles. The zero-order chi connectivity index (χ0) is 15.6. The minimum atomic E-state index is -3.92. The van der Waals surface area contributed by atoms with E-state index in [1.165, 1.54) is 24.5 Å². The summed E-state index contributed by atoms with van der Waals surface area (Å²) >= 11 is 0. The van der Waals surface area contributed by atoms with Crippen molar-refractivity contribution < 1.29 is 12.8 Å². The fourth-order valence-electron chi connectivity index (χ4n) is 2.02. The molecule has 114 valence electrons. The van der Waals surface area contributed by atoms with Gasteiger partial charge in [0.05, 0.1) is 10.9 Å². The van der Waals surface area contributed by atoms with Gasteiger partial charge in [0, 0.05) is 19.2 Å². The van der Waals surface area contributed by atoms with Crippen LogP contribution < -0.4 is 10.5 Å². The maximum Gasteiger partial charge on any atom is 0.241 e. The average molecular weight is 313 g/mol. The number of rotatable bonds is 5. The van der Waals surface area contributed by atoms with Gasteiger partial charge in [-0.1, -0.05) is 6.07 Å². The standard InChI is InChI=1S/C12H16FN5O2S/c1-8(12-16-15-7-18(12)2)17-21(19,20)11-5-3-4-10(13)9(11)6-14/h3-5,7-8,17H,6,14H2,1-2H3. The van der Waals surface area contributed by atoms with Gasteiger partial charge in [-0.15, -0.1) is 10.2 Å². The topological polar surface area (TPSA) is 103 Å². The summed E-state index contributed by atoms with van der Waals surface area (Å²) in [5, 5.41) is 7.53. The maximum atomic E-state index is 13.7. The normalized spacial score (nSPS) is 13.3. The van der Waals surface area contributed by atoms with Crippen molar-refractivity contribution in [2.45, 2.75) is 24.4 Å². The first-order chi connectivity index (χ1) is 9.86. The van der Waals surface area contributed by atoms with E-state index >= 15 is 0 Å². The number of nitrogens with one attached hydrogen (secondary N) is 1. The molecule has 0 aliphatic rings. The fraction of sp³-hybridized carbons (Fsp3) is 0.333. The van der Waals surface area contributed by atoms with Crippen LogP contribution in [0.15, 0.2) is 29.4 Å². The first-order valence-corrected chi connectivity index (χ1v) is 7.69. The van der Waals surface area contributed by atoms with Gasteiger partial charge in [-0.2, -0.15) is 0 Å². The molecular formula is C12H16FN5O2S. The lowest BCUT2D eigenvalue weighted by molar-refractivity contribution is 0.548. The molecule has 1 aromatic carbocycles. The smallest absolute Gasteiger partial charge is 0.241 e. The van der Waals surface area contributed by atoms with E-state index in [1.807, 2.05) is 0 Å². The minimum Gasteiger partial charge on any atom is -0.326 e. The first kappa shape index (κ1) is 15.5. The van der Waals surface area contributed by atoms with Gasteiger partial charge in [-0.25, -0.2) is 17.5 Å². The number of sulfonamides is 1. The summed E-state index contributed by atoms with van der Waals surface area (Å²) in [4.78, 5) is -0.168. The van der Waals surface area contributed by atoms with Gasteiger partial charge in [0.1, 0.15) is 18.0 Å². The van der Waals surface area contributed by atoms with Crippen molar-refractivity contribution in [1.29, 1.82) is 0 Å². The quantitative estimate of drug-likeness (QED) is 0.834. The SMILES string of the molecule is CC(NS(=O)(=O)c1cccc(F)c1CN)c1nncn1C. The highest BCUT2D eigenvalue weighted by Gasteiger charge is 2.24. The van der Waals surface area contributed by atoms with E-state index < -0.39 is 21.9 Å². The Balaban J connectivity index is 2.36. The predicted octanol–water partition coefficient (Wildman–Crippen LogP) is 0.452. The summed E-state index contributed by atoms with van der Waals surface area (Å²) < 4.78 is 42.5. The van der Waals surface area contributed by atoms with Crippen LogP contribution in [0, 0.1) is 5.82 Å². The maximum absolute atomic E-state index is 13.7. The van der Waals surface area contributed by atoms with Gasteiger partial charge in [-0.3, -0.25) is 0 Å². The Bertz CT molecular complexity index is 744. The lowest BCUT2D eigenvalue weighted by Gasteiger charge is -2.15. The largest absolute Gasteiger partial charge is 0.326 e. The van der Waals surface area contributed by atoms with Crippen molar-refractivity contribution in [1.82, 2.24) is 19.5 Å². The molecule has 0 aliphatic carbocycles. The lowest BCUT2D eigenvalue weighted by Crippen LogP contribution is -2.29. The molecule has 0 amide bonds. The third-order valence-corrected chi connectivity index (χ3v) is 4.66. The molecule has 0 aliphatic heterocycles. The molecule has 21 heavy (non-hydrogen) atoms. The highest BCUT2D eigenvalue weighted by atomic mass is 32.2. The third kappa shape index (κ3) is 3.09. The van der Waals surface area contributed by atoms with Crippen LogP contribution >= 0.6 is 0 Å². The second-order valence-electron chi connectivity index (χ2n) is 4.56. The van der Waals surface area contributed by atoms with Crippen LogP contribution in [0.25, 0.3) is 0 Å². The van der Waals surface area contributed by atoms with Crippen molar-refractivity contribution in [2.24, 2.45) is 12.8 Å². The molecule has 1 atom stereocenters. The predicted molar refractivity (Wildman–Crippen MR) is 74.0 cm³/mol. The summed E-state index contributed by atoms with van der Waals surface area (Å²) in [5.41, 5.74) is 5.39. The van der Waals surface area contributed by atoms with Crippen molar-refractivity contribution in [3.8, 4) is 0 Å². The van der Waals surface area contributed by atoms with Crippen LogP contribution in [0.4, 0.5) is 4.39 Å². The van der Waals surface area contributed by atoms with E-state index in [-0.39, 0.29) is 17.0 Å². The monoisotopic (exact) mass is 313 g/mol. The number of aromatic nitrogens is 3. The molecule has 0 radical (unpaired) electrons. The van der Waals surface area contributed by atoms with Crippen molar-refractivity contribution in [3.05, 3.63) is 41.7 Å². The van der Waals surface area contributed by atoms with E-state index in [0.717, 1.165) is 0 Å². The number of benzene rings is 1. The summed E-state index contributed by atoms with van der Waals surface area (Å²) in [5.74, 6) is -0.198. The Morgan fingerprint density at radius 1 is 1.48 bits per heavy atom. The summed E-state index contributed by atoms with van der Waals surface area (Å²) in [6.07, 6.45) is 1.47. The van der Waals surface area contributed by atoms with Crippen molar-refractivity contribution in [2.75, 3.05) is 0 Å². The molecule has 0 bridgehead atoms. The zero-order valence-corrected chi connectivity index (χ0v) is 12.4. The highest BCUT2D eigenvalue weighted by molar-refractivity contribution is 7.89. The lowest BCUT2D eigenvalue weighted by atomic mass is 10.2. The summed E-state index contributed by atoms with van der Waals surface area (Å²) in [7, 11) is -2.22. The number of halogens is 1. The Hall–Kier alpha value is -1.84. The molecule has 3 N–H and O–H groups in total. The molecule has 0 fully saturated rings. The number of nitrogens with two attached hydrogens (primary N) is 1. The van der Waals surface area contributed by atoms with Crippen LogP contribution in [-0.2, 0) is 23.6 Å². The molecule has 1 aromatic heterocycles. The Morgan fingerprint density at radius 3 is 2.76 bits per heavy atom. The molecule has 2 rings (SSSR count). The molecule has 1 unspecified atom stereocenters. The van der Waals surface area contributed by atoms with Crippen LogP contribution in [-0.4, -0.2) is 23.2 Å². The minimum absolute atomic E-state index is 0.0461. The van der Waals surface area contributed by atoms with Gasteiger partial charge in [0.15, 0.2) is 0 Å². The first-order valence-electron chi connectivity index (χ1n) is 6.20. The Kier molecular flexibility index (Phi) is 4.35. The van der Waals surface area contributed by atoms with Gasteiger partial charge in [0.2, 0.25) is 10.0 Å². The van der Waals surface area contributed by atoms with Crippen molar-refractivity contribution >= 4 is 10.0 Å². The van der Waals surface area contributed by atoms with Gasteiger partial charge in [0.25, 0.3) is 0 Å². The van der Waals surface area contributed by atoms with Gasteiger partial charge in [-0.05, 0) is 19.1 Å². The van der Waals surface area contributed by atoms with E-state index in [1.54, 1.807) is 18.5 Å². The fourth-order valence-corrected chi connectivity index (χ4v) is 3.48. The Morgan fingerprint density at radius 2 is 2.19 bits per heavy atom. The Labute approximate surface area is 122 Å². The second-order valence-corrected chi connectivity index (χ2v) is 6.25. The molecule has 0 saturated carbocycles. The van der Waals surface area contributed by atoms with Crippen LogP contribution in [0.1, 0.15) is 24.4 Å². The van der Waals surface area contributed by atoms with E-state index in [9.17, 15) is 12.8 Å². The highest BCUT2D eigenvalue weighted by Crippen LogP contribution is 2.20. The second kappa shape index (κ2) is 5.88. The van der Waals surface area contributed by atoms with Crippen molar-refractivity contribution in [3.63, 3.8) is 0 Å². The average Bonchev–Trinajstić information content (AvgIpc) is 2.84. The summed E-state index contributed by atoms with van der Waals surface area (Å²) in [6.45, 7) is 1.42. The zero-order valence-electron chi connectivity index (χ0n) is 11.6. The molecule has 9 heteroatoms. The van der Waals surface area contributed by atoms with E-state index in [0.29, 0.717) is 5.82 Å². The van der Waals surface area contributed by atoms with Crippen LogP contribution in [0.2, 0.25) is 0 Å².